The number of aryl methyl sites for hydroxylation is 2. The van der Waals surface area contributed by atoms with E-state index in [1.54, 1.807) is 0 Å². The van der Waals surface area contributed by atoms with Crippen molar-refractivity contribution in [2.75, 3.05) is 19.7 Å². The van der Waals surface area contributed by atoms with Gasteiger partial charge in [-0.1, -0.05) is 31.2 Å². The fourth-order valence-corrected chi connectivity index (χ4v) is 4.28. The number of nitrogens with zero attached hydrogens (tertiary/aromatic N) is 1. The fourth-order valence-electron chi connectivity index (χ4n) is 4.28. The van der Waals surface area contributed by atoms with Gasteiger partial charge in [-0.25, -0.2) is 0 Å². The van der Waals surface area contributed by atoms with Crippen LogP contribution in [0.15, 0.2) is 24.3 Å². The van der Waals surface area contributed by atoms with Crippen molar-refractivity contribution in [3.8, 4) is 0 Å². The average Bonchev–Trinajstić information content (AvgIpc) is 2.84. The minimum atomic E-state index is -0.0679. The topological polar surface area (TPSA) is 40.5 Å². The van der Waals surface area contributed by atoms with Crippen molar-refractivity contribution in [3.05, 3.63) is 35.4 Å². The number of piperidine rings is 1. The van der Waals surface area contributed by atoms with Crippen LogP contribution in [0.5, 0.6) is 0 Å². The summed E-state index contributed by atoms with van der Waals surface area (Å²) in [6, 6.07) is 8.61. The number of carbonyl (C=O) groups is 1. The van der Waals surface area contributed by atoms with Crippen LogP contribution in [0.2, 0.25) is 0 Å². The fraction of sp³-hybridized carbons (Fsp3) is 0.650. The van der Waals surface area contributed by atoms with E-state index in [2.05, 4.69) is 31.2 Å². The van der Waals surface area contributed by atoms with E-state index < -0.39 is 0 Å². The Morgan fingerprint density at radius 2 is 1.91 bits per heavy atom. The van der Waals surface area contributed by atoms with Gasteiger partial charge in [-0.15, -0.1) is 0 Å². The van der Waals surface area contributed by atoms with Crippen molar-refractivity contribution in [3.63, 3.8) is 0 Å². The minimum Gasteiger partial charge on any atom is -0.396 e. The van der Waals surface area contributed by atoms with Crippen molar-refractivity contribution in [1.82, 2.24) is 4.90 Å². The summed E-state index contributed by atoms with van der Waals surface area (Å²) in [5, 5.41) is 9.78. The van der Waals surface area contributed by atoms with Gasteiger partial charge < -0.3 is 10.0 Å². The monoisotopic (exact) mass is 315 g/mol. The van der Waals surface area contributed by atoms with Crippen LogP contribution in [0, 0.1) is 11.3 Å². The number of hydrogen-bond acceptors (Lipinski definition) is 2. The molecule has 0 unspecified atom stereocenters. The Labute approximate surface area is 139 Å². The Bertz CT molecular complexity index is 523. The largest absolute Gasteiger partial charge is 0.396 e. The zero-order valence-corrected chi connectivity index (χ0v) is 14.3. The van der Waals surface area contributed by atoms with Crippen LogP contribution in [-0.2, 0) is 17.6 Å². The van der Waals surface area contributed by atoms with Crippen LogP contribution in [0.25, 0.3) is 0 Å². The lowest BCUT2D eigenvalue weighted by Gasteiger charge is -2.42. The summed E-state index contributed by atoms with van der Waals surface area (Å²) < 4.78 is 0. The van der Waals surface area contributed by atoms with Crippen molar-refractivity contribution >= 4 is 5.91 Å². The van der Waals surface area contributed by atoms with Gasteiger partial charge in [0.05, 0.1) is 6.61 Å². The van der Waals surface area contributed by atoms with E-state index in [1.807, 2.05) is 4.90 Å². The first-order valence-electron chi connectivity index (χ1n) is 9.14. The lowest BCUT2D eigenvalue weighted by molar-refractivity contribution is -0.140. The number of benzene rings is 1. The van der Waals surface area contributed by atoms with E-state index in [1.165, 1.54) is 11.1 Å². The molecular weight excluding hydrogens is 286 g/mol. The average molecular weight is 315 g/mol. The molecule has 1 N–H and O–H groups in total. The Morgan fingerprint density at radius 1 is 1.26 bits per heavy atom. The molecule has 1 aromatic rings. The summed E-state index contributed by atoms with van der Waals surface area (Å²) >= 11 is 0. The first-order chi connectivity index (χ1) is 11.2. The Morgan fingerprint density at radius 3 is 2.48 bits per heavy atom. The maximum atomic E-state index is 13.0. The molecular formula is C20H29NO2. The van der Waals surface area contributed by atoms with Crippen LogP contribution in [0.3, 0.4) is 0 Å². The van der Waals surface area contributed by atoms with Crippen LogP contribution in [0.1, 0.15) is 50.2 Å². The van der Waals surface area contributed by atoms with E-state index in [0.717, 1.165) is 58.0 Å². The normalized spacial score (nSPS) is 25.7. The standard InChI is InChI=1S/C20H29NO2/c1-2-20(15-22)12-5-13-21(14-20)19(23)18-10-8-16-6-3-4-7-17(16)9-11-18/h3-4,6-7,18,22H,2,5,8-15H2,1H3/t20-/m0/s1. The van der Waals surface area contributed by atoms with Crippen LogP contribution >= 0.6 is 0 Å². The van der Waals surface area contributed by atoms with Crippen molar-refractivity contribution < 1.29 is 9.90 Å². The molecule has 0 aromatic heterocycles. The molecule has 1 aromatic carbocycles. The second-order valence-electron chi connectivity index (χ2n) is 7.42. The molecule has 1 aliphatic carbocycles. The maximum absolute atomic E-state index is 13.0. The molecule has 1 fully saturated rings. The third-order valence-corrected chi connectivity index (χ3v) is 6.05. The van der Waals surface area contributed by atoms with E-state index in [-0.39, 0.29) is 17.9 Å². The molecule has 0 radical (unpaired) electrons. The van der Waals surface area contributed by atoms with Gasteiger partial charge in [0.15, 0.2) is 0 Å². The Balaban J connectivity index is 1.67. The zero-order chi connectivity index (χ0) is 16.3. The van der Waals surface area contributed by atoms with Crippen LogP contribution in [-0.4, -0.2) is 35.6 Å². The minimum absolute atomic E-state index is 0.0679. The third-order valence-electron chi connectivity index (χ3n) is 6.05. The lowest BCUT2D eigenvalue weighted by Crippen LogP contribution is -2.49. The quantitative estimate of drug-likeness (QED) is 0.870. The summed E-state index contributed by atoms with van der Waals surface area (Å²) in [5.41, 5.74) is 2.76. The van der Waals surface area contributed by atoms with Gasteiger partial charge in [-0.05, 0) is 56.1 Å². The molecule has 0 bridgehead atoms. The molecule has 126 valence electrons. The molecule has 0 saturated carbocycles. The van der Waals surface area contributed by atoms with Gasteiger partial charge in [0.25, 0.3) is 0 Å². The van der Waals surface area contributed by atoms with Crippen LogP contribution < -0.4 is 0 Å². The van der Waals surface area contributed by atoms with E-state index in [4.69, 9.17) is 0 Å². The second-order valence-corrected chi connectivity index (χ2v) is 7.42. The lowest BCUT2D eigenvalue weighted by atomic mass is 9.78. The van der Waals surface area contributed by atoms with Gasteiger partial charge in [0, 0.05) is 24.4 Å². The number of likely N-dealkylation sites (tertiary alicyclic amines) is 1. The number of aliphatic hydroxyl groups excluding tert-OH is 1. The third kappa shape index (κ3) is 3.45. The first-order valence-corrected chi connectivity index (χ1v) is 9.14. The highest BCUT2D eigenvalue weighted by molar-refractivity contribution is 5.79. The molecule has 3 nitrogen and oxygen atoms in total. The number of rotatable bonds is 3. The summed E-state index contributed by atoms with van der Waals surface area (Å²) in [7, 11) is 0. The predicted octanol–water partition coefficient (Wildman–Crippen LogP) is 3.19. The molecule has 23 heavy (non-hydrogen) atoms. The number of fused-ring (bicyclic) bond motifs is 1. The second kappa shape index (κ2) is 7.04. The number of hydrogen-bond donors (Lipinski definition) is 1. The number of amides is 1. The smallest absolute Gasteiger partial charge is 0.225 e. The summed E-state index contributed by atoms with van der Waals surface area (Å²) in [5.74, 6) is 0.470. The van der Waals surface area contributed by atoms with Gasteiger partial charge in [-0.2, -0.15) is 0 Å². The predicted molar refractivity (Wildman–Crippen MR) is 92.2 cm³/mol. The molecule has 1 atom stereocenters. The molecule has 0 spiro atoms. The SMILES string of the molecule is CC[C@]1(CO)CCCN(C(=O)C2CCc3ccccc3CC2)C1. The van der Waals surface area contributed by atoms with Gasteiger partial charge in [-0.3, -0.25) is 4.79 Å². The number of carbonyl (C=O) groups excluding carboxylic acids is 1. The Kier molecular flexibility index (Phi) is 5.05. The van der Waals surface area contributed by atoms with E-state index in [0.29, 0.717) is 5.91 Å². The molecule has 1 saturated heterocycles. The molecule has 3 rings (SSSR count). The zero-order valence-electron chi connectivity index (χ0n) is 14.3. The molecule has 1 amide bonds. The van der Waals surface area contributed by atoms with Crippen LogP contribution in [0.4, 0.5) is 0 Å². The van der Waals surface area contributed by atoms with Gasteiger partial charge >= 0.3 is 0 Å². The van der Waals surface area contributed by atoms with Crippen molar-refractivity contribution in [1.29, 1.82) is 0 Å². The highest BCUT2D eigenvalue weighted by Crippen LogP contribution is 2.34. The van der Waals surface area contributed by atoms with Gasteiger partial charge in [0.1, 0.15) is 0 Å². The molecule has 1 heterocycles. The van der Waals surface area contributed by atoms with E-state index in [9.17, 15) is 9.90 Å². The molecule has 3 heteroatoms. The highest BCUT2D eigenvalue weighted by atomic mass is 16.3. The summed E-state index contributed by atoms with van der Waals surface area (Å²) in [6.07, 6.45) is 6.96. The van der Waals surface area contributed by atoms with E-state index >= 15 is 0 Å². The molecule has 1 aliphatic heterocycles. The summed E-state index contributed by atoms with van der Waals surface area (Å²) in [4.78, 5) is 15.1. The van der Waals surface area contributed by atoms with Gasteiger partial charge in [0.2, 0.25) is 5.91 Å². The highest BCUT2D eigenvalue weighted by Gasteiger charge is 2.37. The summed E-state index contributed by atoms with van der Waals surface area (Å²) in [6.45, 7) is 3.93. The maximum Gasteiger partial charge on any atom is 0.225 e. The molecule has 2 aliphatic rings. The number of aliphatic hydroxyl groups is 1. The van der Waals surface area contributed by atoms with Crippen molar-refractivity contribution in [2.24, 2.45) is 11.3 Å². The van der Waals surface area contributed by atoms with Crippen molar-refractivity contribution in [2.45, 2.75) is 51.9 Å². The Hall–Kier alpha value is -1.35. The first kappa shape index (κ1) is 16.5.